The van der Waals surface area contributed by atoms with Gasteiger partial charge in [-0.15, -0.1) is 24.0 Å². The molecule has 0 radical (unpaired) electrons. The summed E-state index contributed by atoms with van der Waals surface area (Å²) in [5.74, 6) is 0.708. The summed E-state index contributed by atoms with van der Waals surface area (Å²) in [5, 5.41) is 3.24. The highest BCUT2D eigenvalue weighted by atomic mass is 127. The van der Waals surface area contributed by atoms with E-state index in [-0.39, 0.29) is 35.8 Å². The lowest BCUT2D eigenvalue weighted by atomic mass is 10.1. The van der Waals surface area contributed by atoms with Gasteiger partial charge < -0.3 is 10.2 Å². The highest BCUT2D eigenvalue weighted by Gasteiger charge is 2.25. The number of rotatable bonds is 7. The third-order valence-corrected chi connectivity index (χ3v) is 3.51. The molecule has 1 aliphatic rings. The Morgan fingerprint density at radius 2 is 1.91 bits per heavy atom. The van der Waals surface area contributed by atoms with E-state index in [1.54, 1.807) is 0 Å². The average molecular weight is 424 g/mol. The van der Waals surface area contributed by atoms with E-state index in [1.165, 1.54) is 4.90 Å². The molecule has 0 aromatic carbocycles. The Hall–Kier alpha value is -0.860. The van der Waals surface area contributed by atoms with Crippen molar-refractivity contribution in [3.63, 3.8) is 0 Å². The Labute approximate surface area is 150 Å². The van der Waals surface area contributed by atoms with Gasteiger partial charge in [0.1, 0.15) is 0 Å². The molecule has 128 valence electrons. The fourth-order valence-corrected chi connectivity index (χ4v) is 2.28. The molecule has 0 aromatic heterocycles. The van der Waals surface area contributed by atoms with Crippen molar-refractivity contribution in [1.82, 2.24) is 15.1 Å². The van der Waals surface area contributed by atoms with Crippen molar-refractivity contribution in [1.29, 1.82) is 0 Å². The van der Waals surface area contributed by atoms with Crippen LogP contribution in [0.3, 0.4) is 0 Å². The number of guanidine groups is 1. The van der Waals surface area contributed by atoms with E-state index in [2.05, 4.69) is 22.1 Å². The third kappa shape index (κ3) is 6.93. The Kier molecular flexibility index (Phi) is 11.2. The van der Waals surface area contributed by atoms with Gasteiger partial charge in [-0.05, 0) is 19.8 Å². The molecule has 0 aliphatic carbocycles. The molecule has 1 rings (SSSR count). The topological polar surface area (TPSA) is 65.0 Å². The molecule has 6 nitrogen and oxygen atoms in total. The van der Waals surface area contributed by atoms with Gasteiger partial charge in [0.2, 0.25) is 11.8 Å². The number of unbranched alkanes of at least 4 members (excludes halogenated alkanes) is 1. The smallest absolute Gasteiger partial charge is 0.229 e. The minimum atomic E-state index is -0.0641. The number of amides is 2. The van der Waals surface area contributed by atoms with Crippen molar-refractivity contribution in [2.24, 2.45) is 4.99 Å². The molecule has 2 amide bonds. The average Bonchev–Trinajstić information content (AvgIpc) is 2.46. The molecule has 0 spiro atoms. The lowest BCUT2D eigenvalue weighted by molar-refractivity contribution is -0.147. The molecule has 1 saturated heterocycles. The quantitative estimate of drug-likeness (QED) is 0.293. The largest absolute Gasteiger partial charge is 0.357 e. The third-order valence-electron chi connectivity index (χ3n) is 3.51. The predicted molar refractivity (Wildman–Crippen MR) is 99.5 cm³/mol. The maximum absolute atomic E-state index is 11.7. The number of nitrogens with zero attached hydrogens (tertiary/aromatic N) is 3. The second-order valence-corrected chi connectivity index (χ2v) is 5.30. The monoisotopic (exact) mass is 424 g/mol. The predicted octanol–water partition coefficient (Wildman–Crippen LogP) is 1.84. The zero-order valence-electron chi connectivity index (χ0n) is 13.9. The Morgan fingerprint density at radius 1 is 1.27 bits per heavy atom. The Morgan fingerprint density at radius 3 is 2.45 bits per heavy atom. The van der Waals surface area contributed by atoms with Gasteiger partial charge >= 0.3 is 0 Å². The van der Waals surface area contributed by atoms with E-state index in [0.717, 1.165) is 31.9 Å². The zero-order chi connectivity index (χ0) is 15.7. The van der Waals surface area contributed by atoms with E-state index in [0.29, 0.717) is 32.4 Å². The van der Waals surface area contributed by atoms with Crippen LogP contribution in [0, 0.1) is 0 Å². The zero-order valence-corrected chi connectivity index (χ0v) is 16.3. The minimum Gasteiger partial charge on any atom is -0.357 e. The molecule has 1 heterocycles. The van der Waals surface area contributed by atoms with Crippen LogP contribution < -0.4 is 5.32 Å². The van der Waals surface area contributed by atoms with Gasteiger partial charge in [0.15, 0.2) is 5.96 Å². The van der Waals surface area contributed by atoms with Crippen molar-refractivity contribution in [2.45, 2.75) is 46.0 Å². The molecule has 0 aromatic rings. The molecule has 0 unspecified atom stereocenters. The van der Waals surface area contributed by atoms with E-state index < -0.39 is 0 Å². The number of carbonyl (C=O) groups is 2. The molecular formula is C15H29IN4O2. The van der Waals surface area contributed by atoms with Gasteiger partial charge in [0, 0.05) is 39.5 Å². The molecular weight excluding hydrogens is 395 g/mol. The summed E-state index contributed by atoms with van der Waals surface area (Å²) < 4.78 is 0. The number of hydrogen-bond donors (Lipinski definition) is 1. The lowest BCUT2D eigenvalue weighted by Gasteiger charge is -2.25. The first-order chi connectivity index (χ1) is 10.1. The van der Waals surface area contributed by atoms with Crippen LogP contribution in [0.4, 0.5) is 0 Å². The molecule has 1 aliphatic heterocycles. The lowest BCUT2D eigenvalue weighted by Crippen LogP contribution is -2.43. The van der Waals surface area contributed by atoms with Crippen LogP contribution >= 0.6 is 24.0 Å². The highest BCUT2D eigenvalue weighted by molar-refractivity contribution is 14.0. The first-order valence-electron chi connectivity index (χ1n) is 7.92. The first-order valence-corrected chi connectivity index (χ1v) is 7.92. The molecule has 7 heteroatoms. The van der Waals surface area contributed by atoms with E-state index in [9.17, 15) is 9.59 Å². The highest BCUT2D eigenvalue weighted by Crippen LogP contribution is 2.11. The number of carbonyl (C=O) groups excluding carboxylic acids is 2. The van der Waals surface area contributed by atoms with Gasteiger partial charge in [-0.1, -0.05) is 13.3 Å². The van der Waals surface area contributed by atoms with Gasteiger partial charge in [-0.3, -0.25) is 19.5 Å². The molecule has 0 atom stereocenters. The maximum Gasteiger partial charge on any atom is 0.229 e. The summed E-state index contributed by atoms with van der Waals surface area (Å²) in [6.45, 7) is 6.78. The van der Waals surface area contributed by atoms with Gasteiger partial charge in [0.25, 0.3) is 0 Å². The summed E-state index contributed by atoms with van der Waals surface area (Å²) in [7, 11) is 2.01. The Bertz CT molecular complexity index is 372. The van der Waals surface area contributed by atoms with E-state index in [1.807, 2.05) is 14.0 Å². The first kappa shape index (κ1) is 21.1. The normalized spacial score (nSPS) is 15.6. The molecule has 0 bridgehead atoms. The molecule has 1 N–H and O–H groups in total. The summed E-state index contributed by atoms with van der Waals surface area (Å²) in [4.78, 5) is 31.4. The molecule has 22 heavy (non-hydrogen) atoms. The van der Waals surface area contributed by atoms with Crippen molar-refractivity contribution in [3.05, 3.63) is 0 Å². The van der Waals surface area contributed by atoms with Crippen LogP contribution in [-0.4, -0.2) is 60.8 Å². The number of halogens is 1. The molecule has 0 saturated carbocycles. The van der Waals surface area contributed by atoms with Crippen LogP contribution in [0.5, 0.6) is 0 Å². The standard InChI is InChI=1S/C15H28N4O2.HI/c1-4-6-11-18(3)15(16-5-2)17-10-12-19-13(20)8-7-9-14(19)21;/h4-12H2,1-3H3,(H,16,17);1H. The number of piperidine rings is 1. The van der Waals surface area contributed by atoms with Crippen LogP contribution in [0.1, 0.15) is 46.0 Å². The van der Waals surface area contributed by atoms with Crippen LogP contribution in [0.15, 0.2) is 4.99 Å². The number of imide groups is 1. The van der Waals surface area contributed by atoms with Crippen molar-refractivity contribution in [2.75, 3.05) is 33.2 Å². The van der Waals surface area contributed by atoms with Crippen molar-refractivity contribution in [3.8, 4) is 0 Å². The van der Waals surface area contributed by atoms with Crippen LogP contribution in [0.25, 0.3) is 0 Å². The number of likely N-dealkylation sites (tertiary alicyclic amines) is 1. The van der Waals surface area contributed by atoms with Crippen molar-refractivity contribution >= 4 is 41.8 Å². The molecule has 1 fully saturated rings. The second kappa shape index (κ2) is 11.7. The van der Waals surface area contributed by atoms with Crippen LogP contribution in [-0.2, 0) is 9.59 Å². The number of nitrogens with one attached hydrogen (secondary N) is 1. The SMILES string of the molecule is CCCCN(C)C(=NCCN1C(=O)CCCC1=O)NCC.I. The summed E-state index contributed by atoms with van der Waals surface area (Å²) in [6, 6.07) is 0. The van der Waals surface area contributed by atoms with Gasteiger partial charge in [-0.2, -0.15) is 0 Å². The minimum absolute atomic E-state index is 0. The fraction of sp³-hybridized carbons (Fsp3) is 0.800. The van der Waals surface area contributed by atoms with E-state index in [4.69, 9.17) is 0 Å². The van der Waals surface area contributed by atoms with Crippen molar-refractivity contribution < 1.29 is 9.59 Å². The van der Waals surface area contributed by atoms with Gasteiger partial charge in [0.05, 0.1) is 6.54 Å². The summed E-state index contributed by atoms with van der Waals surface area (Å²) in [5.41, 5.74) is 0. The summed E-state index contributed by atoms with van der Waals surface area (Å²) >= 11 is 0. The fourth-order valence-electron chi connectivity index (χ4n) is 2.28. The van der Waals surface area contributed by atoms with Crippen LogP contribution in [0.2, 0.25) is 0 Å². The van der Waals surface area contributed by atoms with E-state index >= 15 is 0 Å². The van der Waals surface area contributed by atoms with Gasteiger partial charge in [-0.25, -0.2) is 0 Å². The Balaban J connectivity index is 0.00000441. The number of hydrogen-bond acceptors (Lipinski definition) is 3. The summed E-state index contributed by atoms with van der Waals surface area (Å²) in [6.07, 6.45) is 3.89. The maximum atomic E-state index is 11.7. The number of aliphatic imine (C=N–C) groups is 1. The second-order valence-electron chi connectivity index (χ2n) is 5.30.